The molecule has 1 aromatic carbocycles. The molecule has 0 radical (unpaired) electrons. The molecule has 0 fully saturated rings. The van der Waals surface area contributed by atoms with Gasteiger partial charge in [0.15, 0.2) is 5.82 Å². The number of nitrogens with zero attached hydrogens (tertiary/aromatic N) is 4. The minimum Gasteiger partial charge on any atom is -0.309 e. The fourth-order valence-corrected chi connectivity index (χ4v) is 1.56. The number of rotatable bonds is 3. The number of benzene rings is 1. The Morgan fingerprint density at radius 2 is 2.05 bits per heavy atom. The van der Waals surface area contributed by atoms with Gasteiger partial charge in [-0.25, -0.2) is 4.68 Å². The van der Waals surface area contributed by atoms with Crippen molar-refractivity contribution in [3.05, 3.63) is 42.1 Å². The molecule has 1 amide bonds. The molecule has 0 aliphatic heterocycles. The van der Waals surface area contributed by atoms with Crippen LogP contribution in [-0.2, 0) is 4.79 Å². The molecule has 0 saturated carbocycles. The third-order valence-electron chi connectivity index (χ3n) is 2.39. The fraction of sp³-hybridized carbons (Fsp3) is 0.0769. The summed E-state index contributed by atoms with van der Waals surface area (Å²) in [5.74, 6) is -0.203. The molecule has 0 saturated heterocycles. The number of para-hydroxylation sites is 1. The number of aromatic nitrogens is 2. The lowest BCUT2D eigenvalue weighted by molar-refractivity contribution is -0.115. The van der Waals surface area contributed by atoms with Crippen molar-refractivity contribution in [2.45, 2.75) is 6.42 Å². The van der Waals surface area contributed by atoms with Gasteiger partial charge in [0.2, 0.25) is 5.91 Å². The predicted octanol–water partition coefficient (Wildman–Crippen LogP) is 1.60. The summed E-state index contributed by atoms with van der Waals surface area (Å²) in [7, 11) is 0. The van der Waals surface area contributed by atoms with E-state index in [0.29, 0.717) is 0 Å². The van der Waals surface area contributed by atoms with Crippen LogP contribution < -0.4 is 5.32 Å². The lowest BCUT2D eigenvalue weighted by atomic mass is 10.3. The molecule has 1 aromatic heterocycles. The van der Waals surface area contributed by atoms with E-state index in [1.54, 1.807) is 18.2 Å². The first-order valence-corrected chi connectivity index (χ1v) is 5.46. The largest absolute Gasteiger partial charge is 0.309 e. The van der Waals surface area contributed by atoms with E-state index in [2.05, 4.69) is 10.4 Å². The summed E-state index contributed by atoms with van der Waals surface area (Å²) in [5, 5.41) is 24.1. The van der Waals surface area contributed by atoms with Crippen LogP contribution in [0.2, 0.25) is 0 Å². The van der Waals surface area contributed by atoms with Crippen LogP contribution in [0, 0.1) is 22.7 Å². The van der Waals surface area contributed by atoms with Gasteiger partial charge < -0.3 is 5.32 Å². The minimum atomic E-state index is -0.475. The van der Waals surface area contributed by atoms with Gasteiger partial charge in [0, 0.05) is 0 Å². The van der Waals surface area contributed by atoms with E-state index in [4.69, 9.17) is 10.5 Å². The Labute approximate surface area is 109 Å². The zero-order chi connectivity index (χ0) is 13.7. The summed E-state index contributed by atoms with van der Waals surface area (Å²) in [6.45, 7) is 0. The van der Waals surface area contributed by atoms with Gasteiger partial charge >= 0.3 is 0 Å². The van der Waals surface area contributed by atoms with Gasteiger partial charge in [-0.1, -0.05) is 18.2 Å². The molecule has 0 aliphatic carbocycles. The third-order valence-corrected chi connectivity index (χ3v) is 2.39. The average Bonchev–Trinajstić information content (AvgIpc) is 2.82. The van der Waals surface area contributed by atoms with E-state index >= 15 is 0 Å². The summed E-state index contributed by atoms with van der Waals surface area (Å²) >= 11 is 0. The smallest absolute Gasteiger partial charge is 0.239 e. The third kappa shape index (κ3) is 2.59. The number of carbonyl (C=O) groups excluding carboxylic acids is 1. The Morgan fingerprint density at radius 1 is 1.32 bits per heavy atom. The second-order valence-electron chi connectivity index (χ2n) is 3.65. The molecule has 19 heavy (non-hydrogen) atoms. The van der Waals surface area contributed by atoms with E-state index in [-0.39, 0.29) is 17.8 Å². The molecule has 0 aliphatic rings. The van der Waals surface area contributed by atoms with Crippen molar-refractivity contribution >= 4 is 11.7 Å². The monoisotopic (exact) mass is 251 g/mol. The number of hydrogen-bond donors (Lipinski definition) is 1. The number of carbonyl (C=O) groups is 1. The van der Waals surface area contributed by atoms with Crippen molar-refractivity contribution in [3.63, 3.8) is 0 Å². The molecule has 0 atom stereocenters. The molecular weight excluding hydrogens is 242 g/mol. The van der Waals surface area contributed by atoms with Crippen molar-refractivity contribution in [2.75, 3.05) is 5.32 Å². The lowest BCUT2D eigenvalue weighted by Crippen LogP contribution is -2.14. The lowest BCUT2D eigenvalue weighted by Gasteiger charge is -2.08. The van der Waals surface area contributed by atoms with E-state index < -0.39 is 5.91 Å². The maximum absolute atomic E-state index is 11.5. The molecule has 6 heteroatoms. The first-order chi connectivity index (χ1) is 9.26. The van der Waals surface area contributed by atoms with E-state index in [0.717, 1.165) is 5.69 Å². The van der Waals surface area contributed by atoms with Crippen molar-refractivity contribution in [2.24, 2.45) is 0 Å². The van der Waals surface area contributed by atoms with Crippen LogP contribution in [0.5, 0.6) is 0 Å². The van der Waals surface area contributed by atoms with Crippen molar-refractivity contribution in [3.8, 4) is 17.8 Å². The van der Waals surface area contributed by atoms with E-state index in [1.807, 2.05) is 24.3 Å². The van der Waals surface area contributed by atoms with Crippen LogP contribution in [0.1, 0.15) is 12.0 Å². The molecule has 1 N–H and O–H groups in total. The van der Waals surface area contributed by atoms with Crippen LogP contribution in [0.15, 0.2) is 36.5 Å². The highest BCUT2D eigenvalue weighted by Crippen LogP contribution is 2.19. The van der Waals surface area contributed by atoms with Crippen molar-refractivity contribution in [1.82, 2.24) is 9.78 Å². The van der Waals surface area contributed by atoms with Crippen molar-refractivity contribution < 1.29 is 4.79 Å². The molecular formula is C13H9N5O. The van der Waals surface area contributed by atoms with Gasteiger partial charge in [0.05, 0.1) is 18.0 Å². The highest BCUT2D eigenvalue weighted by Gasteiger charge is 2.14. The van der Waals surface area contributed by atoms with Gasteiger partial charge in [0.25, 0.3) is 0 Å². The maximum Gasteiger partial charge on any atom is 0.239 e. The number of nitriles is 2. The summed E-state index contributed by atoms with van der Waals surface area (Å²) in [6, 6.07) is 12.8. The topological polar surface area (TPSA) is 94.5 Å². The maximum atomic E-state index is 11.5. The Hall–Kier alpha value is -3.12. The molecule has 0 unspecified atom stereocenters. The second kappa shape index (κ2) is 5.48. The highest BCUT2D eigenvalue weighted by atomic mass is 16.1. The summed E-state index contributed by atoms with van der Waals surface area (Å²) < 4.78 is 1.45. The Bertz CT molecular complexity index is 675. The number of anilines is 1. The first kappa shape index (κ1) is 12.3. The number of hydrogen-bond acceptors (Lipinski definition) is 4. The quantitative estimate of drug-likeness (QED) is 0.896. The molecule has 2 rings (SSSR count). The normalized spacial score (nSPS) is 9.37. The van der Waals surface area contributed by atoms with Crippen LogP contribution in [0.4, 0.5) is 5.82 Å². The summed E-state index contributed by atoms with van der Waals surface area (Å²) in [6.07, 6.45) is 1.10. The highest BCUT2D eigenvalue weighted by molar-refractivity contribution is 5.92. The van der Waals surface area contributed by atoms with Gasteiger partial charge in [0.1, 0.15) is 18.1 Å². The van der Waals surface area contributed by atoms with Gasteiger partial charge in [-0.3, -0.25) is 4.79 Å². The zero-order valence-corrected chi connectivity index (χ0v) is 9.87. The zero-order valence-electron chi connectivity index (χ0n) is 9.87. The van der Waals surface area contributed by atoms with Gasteiger partial charge in [-0.2, -0.15) is 15.6 Å². The van der Waals surface area contributed by atoms with Crippen LogP contribution in [0.3, 0.4) is 0 Å². The molecule has 92 valence electrons. The van der Waals surface area contributed by atoms with Crippen molar-refractivity contribution in [1.29, 1.82) is 10.5 Å². The standard InChI is InChI=1S/C13H9N5O/c14-7-6-12(19)17-13-10(8-15)9-16-18(13)11-4-2-1-3-5-11/h1-5,9H,6H2,(H,17,19). The molecule has 2 aromatic rings. The summed E-state index contributed by atoms with van der Waals surface area (Å²) in [4.78, 5) is 11.5. The average molecular weight is 251 g/mol. The second-order valence-corrected chi connectivity index (χ2v) is 3.65. The molecule has 0 spiro atoms. The molecule has 6 nitrogen and oxygen atoms in total. The predicted molar refractivity (Wildman–Crippen MR) is 67.1 cm³/mol. The van der Waals surface area contributed by atoms with E-state index in [9.17, 15) is 4.79 Å². The summed E-state index contributed by atoms with van der Waals surface area (Å²) in [5.41, 5.74) is 0.964. The van der Waals surface area contributed by atoms with Crippen LogP contribution in [0.25, 0.3) is 5.69 Å². The number of amides is 1. The van der Waals surface area contributed by atoms with Crippen LogP contribution >= 0.6 is 0 Å². The van der Waals surface area contributed by atoms with E-state index in [1.165, 1.54) is 10.9 Å². The van der Waals surface area contributed by atoms with Crippen LogP contribution in [-0.4, -0.2) is 15.7 Å². The molecule has 0 bridgehead atoms. The Morgan fingerprint density at radius 3 is 2.68 bits per heavy atom. The minimum absolute atomic E-state index is 0.246. The Balaban J connectivity index is 2.42. The first-order valence-electron chi connectivity index (χ1n) is 5.46. The number of nitrogens with one attached hydrogen (secondary N) is 1. The molecule has 1 heterocycles. The SMILES string of the molecule is N#CCC(=O)Nc1c(C#N)cnn1-c1ccccc1. The Kier molecular flexibility index (Phi) is 3.56. The fourth-order valence-electron chi connectivity index (χ4n) is 1.56. The van der Waals surface area contributed by atoms with Gasteiger partial charge in [-0.15, -0.1) is 0 Å². The van der Waals surface area contributed by atoms with Gasteiger partial charge in [-0.05, 0) is 12.1 Å².